The third kappa shape index (κ3) is 8.41. The second kappa shape index (κ2) is 11.9. The van der Waals surface area contributed by atoms with Gasteiger partial charge in [0.2, 0.25) is 5.91 Å². The van der Waals surface area contributed by atoms with Gasteiger partial charge in [-0.3, -0.25) is 9.59 Å². The van der Waals surface area contributed by atoms with Gasteiger partial charge in [0.15, 0.2) is 0 Å². The molecule has 0 spiro atoms. The van der Waals surface area contributed by atoms with Crippen LogP contribution in [0.5, 0.6) is 0 Å². The molecule has 1 unspecified atom stereocenters. The van der Waals surface area contributed by atoms with Crippen molar-refractivity contribution in [3.63, 3.8) is 0 Å². The standard InChI is InChI=1S/C28H35N3O2S/c1-21(16-28(2,3)4)15-26(32)31(18-23-13-9-6-10-14-23)19-25-30-24(20-34-25)27(33)29-17-22-11-7-5-8-12-22/h5-14,20-21H,15-19H2,1-4H3,(H,29,33). The van der Waals surface area contributed by atoms with E-state index in [9.17, 15) is 9.59 Å². The minimum Gasteiger partial charge on any atom is -0.347 e. The molecule has 5 nitrogen and oxygen atoms in total. The van der Waals surface area contributed by atoms with Crippen molar-refractivity contribution in [3.05, 3.63) is 87.9 Å². The molecular weight excluding hydrogens is 442 g/mol. The van der Waals surface area contributed by atoms with Crippen molar-refractivity contribution in [1.82, 2.24) is 15.2 Å². The van der Waals surface area contributed by atoms with Gasteiger partial charge < -0.3 is 10.2 Å². The van der Waals surface area contributed by atoms with Crippen LogP contribution in [0.3, 0.4) is 0 Å². The van der Waals surface area contributed by atoms with Gasteiger partial charge in [-0.2, -0.15) is 0 Å². The van der Waals surface area contributed by atoms with Gasteiger partial charge in [0, 0.05) is 24.9 Å². The Balaban J connectivity index is 1.66. The molecule has 0 aliphatic carbocycles. The second-order valence-electron chi connectivity index (χ2n) is 10.1. The monoisotopic (exact) mass is 477 g/mol. The molecule has 0 bridgehead atoms. The Bertz CT molecular complexity index is 1060. The summed E-state index contributed by atoms with van der Waals surface area (Å²) in [5.74, 6) is 0.207. The summed E-state index contributed by atoms with van der Waals surface area (Å²) in [6.07, 6.45) is 1.49. The number of carbonyl (C=O) groups excluding carboxylic acids is 2. The third-order valence-corrected chi connectivity index (χ3v) is 6.29. The third-order valence-electron chi connectivity index (χ3n) is 5.46. The zero-order valence-electron chi connectivity index (χ0n) is 20.6. The van der Waals surface area contributed by atoms with Crippen LogP contribution in [-0.2, 0) is 24.4 Å². The van der Waals surface area contributed by atoms with Gasteiger partial charge in [-0.15, -0.1) is 11.3 Å². The van der Waals surface area contributed by atoms with Crippen LogP contribution in [0.25, 0.3) is 0 Å². The predicted molar refractivity (Wildman–Crippen MR) is 138 cm³/mol. The highest BCUT2D eigenvalue weighted by Crippen LogP contribution is 2.27. The number of hydrogen-bond donors (Lipinski definition) is 1. The first-order chi connectivity index (χ1) is 16.2. The van der Waals surface area contributed by atoms with Gasteiger partial charge in [-0.05, 0) is 28.9 Å². The van der Waals surface area contributed by atoms with E-state index < -0.39 is 0 Å². The van der Waals surface area contributed by atoms with Crippen molar-refractivity contribution >= 4 is 23.2 Å². The van der Waals surface area contributed by atoms with E-state index in [-0.39, 0.29) is 17.2 Å². The number of nitrogens with zero attached hydrogens (tertiary/aromatic N) is 2. The van der Waals surface area contributed by atoms with Crippen LogP contribution in [0.4, 0.5) is 0 Å². The summed E-state index contributed by atoms with van der Waals surface area (Å²) >= 11 is 1.42. The van der Waals surface area contributed by atoms with Crippen molar-refractivity contribution in [3.8, 4) is 0 Å². The van der Waals surface area contributed by atoms with Gasteiger partial charge >= 0.3 is 0 Å². The minimum atomic E-state index is -0.203. The Kier molecular flexibility index (Phi) is 8.99. The van der Waals surface area contributed by atoms with Crippen LogP contribution in [0.15, 0.2) is 66.0 Å². The molecule has 1 aromatic heterocycles. The van der Waals surface area contributed by atoms with Crippen molar-refractivity contribution < 1.29 is 9.59 Å². The molecule has 0 radical (unpaired) electrons. The van der Waals surface area contributed by atoms with Crippen LogP contribution in [0, 0.1) is 11.3 Å². The molecule has 3 aromatic rings. The van der Waals surface area contributed by atoms with Crippen LogP contribution in [0.1, 0.15) is 67.2 Å². The van der Waals surface area contributed by atoms with Crippen LogP contribution in [-0.4, -0.2) is 21.7 Å². The molecule has 0 aliphatic heterocycles. The topological polar surface area (TPSA) is 62.3 Å². The summed E-state index contributed by atoms with van der Waals surface area (Å²) in [7, 11) is 0. The first-order valence-corrected chi connectivity index (χ1v) is 12.7. The molecule has 2 aromatic carbocycles. The van der Waals surface area contributed by atoms with Crippen LogP contribution < -0.4 is 5.32 Å². The largest absolute Gasteiger partial charge is 0.347 e. The lowest BCUT2D eigenvalue weighted by Gasteiger charge is -2.26. The molecular formula is C28H35N3O2S. The molecule has 6 heteroatoms. The summed E-state index contributed by atoms with van der Waals surface area (Å²) in [6.45, 7) is 10.1. The average molecular weight is 478 g/mol. The van der Waals surface area contributed by atoms with E-state index in [0.717, 1.165) is 22.6 Å². The quantitative estimate of drug-likeness (QED) is 0.386. The van der Waals surface area contributed by atoms with Gasteiger partial charge in [-0.25, -0.2) is 4.98 Å². The molecule has 0 fully saturated rings. The van der Waals surface area contributed by atoms with Crippen LogP contribution in [0.2, 0.25) is 0 Å². The Morgan fingerprint density at radius 2 is 1.59 bits per heavy atom. The minimum absolute atomic E-state index is 0.117. The predicted octanol–water partition coefficient (Wildman–Crippen LogP) is 6.06. The maximum Gasteiger partial charge on any atom is 0.271 e. The maximum absolute atomic E-state index is 13.3. The van der Waals surface area contributed by atoms with E-state index in [1.807, 2.05) is 65.6 Å². The number of amides is 2. The molecule has 0 saturated heterocycles. The first kappa shape index (κ1) is 25.6. The normalized spacial score (nSPS) is 12.2. The SMILES string of the molecule is CC(CC(=O)N(Cc1ccccc1)Cc1nc(C(=O)NCc2ccccc2)cs1)CC(C)(C)C. The van der Waals surface area contributed by atoms with Crippen LogP contribution >= 0.6 is 11.3 Å². The molecule has 0 saturated carbocycles. The molecule has 34 heavy (non-hydrogen) atoms. The maximum atomic E-state index is 13.3. The fourth-order valence-corrected chi connectivity index (χ4v) is 4.89. The number of rotatable bonds is 10. The van der Waals surface area contributed by atoms with E-state index in [0.29, 0.717) is 37.7 Å². The lowest BCUT2D eigenvalue weighted by atomic mass is 9.84. The highest BCUT2D eigenvalue weighted by Gasteiger charge is 2.22. The zero-order valence-corrected chi connectivity index (χ0v) is 21.4. The molecule has 180 valence electrons. The van der Waals surface area contributed by atoms with Gasteiger partial charge in [-0.1, -0.05) is 88.4 Å². The van der Waals surface area contributed by atoms with E-state index in [2.05, 4.69) is 38.0 Å². The highest BCUT2D eigenvalue weighted by molar-refractivity contribution is 7.09. The van der Waals surface area contributed by atoms with Crippen molar-refractivity contribution in [1.29, 1.82) is 0 Å². The number of benzene rings is 2. The van der Waals surface area contributed by atoms with Gasteiger partial charge in [0.05, 0.1) is 6.54 Å². The summed E-state index contributed by atoms with van der Waals surface area (Å²) in [6, 6.07) is 19.8. The number of hydrogen-bond acceptors (Lipinski definition) is 4. The van der Waals surface area contributed by atoms with Crippen molar-refractivity contribution in [2.75, 3.05) is 0 Å². The van der Waals surface area contributed by atoms with Crippen molar-refractivity contribution in [2.24, 2.45) is 11.3 Å². The Labute approximate surface area is 207 Å². The second-order valence-corrected chi connectivity index (χ2v) is 11.0. The number of aromatic nitrogens is 1. The molecule has 0 aliphatic rings. The number of thiazole rings is 1. The van der Waals surface area contributed by atoms with E-state index >= 15 is 0 Å². The van der Waals surface area contributed by atoms with Gasteiger partial charge in [0.1, 0.15) is 10.7 Å². The Morgan fingerprint density at radius 3 is 2.21 bits per heavy atom. The zero-order chi connectivity index (χ0) is 24.6. The van der Waals surface area contributed by atoms with E-state index in [1.54, 1.807) is 5.38 Å². The first-order valence-electron chi connectivity index (χ1n) is 11.8. The van der Waals surface area contributed by atoms with E-state index in [4.69, 9.17) is 0 Å². The number of carbonyl (C=O) groups is 2. The highest BCUT2D eigenvalue weighted by atomic mass is 32.1. The fourth-order valence-electron chi connectivity index (χ4n) is 4.10. The summed E-state index contributed by atoms with van der Waals surface area (Å²) in [5, 5.41) is 5.45. The molecule has 1 N–H and O–H groups in total. The average Bonchev–Trinajstić information content (AvgIpc) is 3.26. The molecule has 3 rings (SSSR count). The van der Waals surface area contributed by atoms with Gasteiger partial charge in [0.25, 0.3) is 5.91 Å². The van der Waals surface area contributed by atoms with E-state index in [1.165, 1.54) is 11.3 Å². The molecule has 1 heterocycles. The summed E-state index contributed by atoms with van der Waals surface area (Å²) in [5.41, 5.74) is 2.69. The number of nitrogens with one attached hydrogen (secondary N) is 1. The fraction of sp³-hybridized carbons (Fsp3) is 0.393. The summed E-state index contributed by atoms with van der Waals surface area (Å²) < 4.78 is 0. The smallest absolute Gasteiger partial charge is 0.271 e. The molecule has 1 atom stereocenters. The summed E-state index contributed by atoms with van der Waals surface area (Å²) in [4.78, 5) is 32.2. The lowest BCUT2D eigenvalue weighted by Crippen LogP contribution is -2.32. The Morgan fingerprint density at radius 1 is 0.971 bits per heavy atom. The van der Waals surface area contributed by atoms with Crippen molar-refractivity contribution in [2.45, 2.75) is 60.2 Å². The lowest BCUT2D eigenvalue weighted by molar-refractivity contribution is -0.133. The Hall–Kier alpha value is -2.99. The molecule has 2 amide bonds.